The quantitative estimate of drug-likeness (QED) is 0.317. The van der Waals surface area contributed by atoms with Crippen molar-refractivity contribution in [2.45, 2.75) is 13.8 Å². The van der Waals surface area contributed by atoms with Crippen LogP contribution in [-0.4, -0.2) is 29.8 Å². The van der Waals surface area contributed by atoms with E-state index in [9.17, 15) is 0 Å². The standard InChI is InChI=1S/C30H32O2Si2/c1-4-31-33(27-18-10-6-11-19-27,28-20-12-7-13-21-28)26(3)34(32-5-2,29-22-14-8-15-23-29)30-24-16-9-17-25-30/h6-25H,3-5H2,1-2H3. The monoisotopic (exact) mass is 480 g/mol. The van der Waals surface area contributed by atoms with Crippen LogP contribution in [0.5, 0.6) is 0 Å². The van der Waals surface area contributed by atoms with Gasteiger partial charge in [0.2, 0.25) is 0 Å². The summed E-state index contributed by atoms with van der Waals surface area (Å²) in [5.41, 5.74) is 0. The number of hydrogen-bond donors (Lipinski definition) is 0. The molecule has 0 radical (unpaired) electrons. The van der Waals surface area contributed by atoms with Gasteiger partial charge in [0, 0.05) is 13.2 Å². The first-order valence-corrected chi connectivity index (χ1v) is 15.7. The minimum atomic E-state index is -2.95. The van der Waals surface area contributed by atoms with E-state index in [1.54, 1.807) is 0 Å². The summed E-state index contributed by atoms with van der Waals surface area (Å²) in [6.07, 6.45) is 0. The van der Waals surface area contributed by atoms with Gasteiger partial charge in [-0.05, 0) is 39.4 Å². The normalized spacial score (nSPS) is 11.8. The molecule has 0 heterocycles. The fraction of sp³-hybridized carbons (Fsp3) is 0.133. The molecule has 0 aliphatic heterocycles. The predicted molar refractivity (Wildman–Crippen MR) is 148 cm³/mol. The first-order valence-electron chi connectivity index (χ1n) is 11.9. The van der Waals surface area contributed by atoms with Gasteiger partial charge in [-0.25, -0.2) is 0 Å². The molecule has 2 nitrogen and oxygen atoms in total. The molecule has 0 saturated heterocycles. The second-order valence-corrected chi connectivity index (χ2v) is 15.5. The van der Waals surface area contributed by atoms with E-state index in [0.29, 0.717) is 13.2 Å². The molecule has 4 aromatic carbocycles. The Morgan fingerprint density at radius 1 is 0.500 bits per heavy atom. The summed E-state index contributed by atoms with van der Waals surface area (Å²) in [5, 5.41) is 4.76. The Hall–Kier alpha value is -3.03. The summed E-state index contributed by atoms with van der Waals surface area (Å²) in [6, 6.07) is 42.6. The van der Waals surface area contributed by atoms with E-state index in [1.807, 2.05) is 0 Å². The van der Waals surface area contributed by atoms with Gasteiger partial charge in [-0.1, -0.05) is 121 Å². The number of rotatable bonds is 10. The van der Waals surface area contributed by atoms with Crippen LogP contribution in [0, 0.1) is 0 Å². The Kier molecular flexibility index (Phi) is 7.75. The van der Waals surface area contributed by atoms with Crippen molar-refractivity contribution in [3.63, 3.8) is 0 Å². The van der Waals surface area contributed by atoms with Gasteiger partial charge in [-0.15, -0.1) is 6.58 Å². The molecule has 0 saturated carbocycles. The Bertz CT molecular complexity index is 1010. The van der Waals surface area contributed by atoms with Crippen LogP contribution in [0.25, 0.3) is 0 Å². The lowest BCUT2D eigenvalue weighted by atomic mass is 10.4. The van der Waals surface area contributed by atoms with Gasteiger partial charge < -0.3 is 8.85 Å². The van der Waals surface area contributed by atoms with Gasteiger partial charge >= 0.3 is 0 Å². The average molecular weight is 481 g/mol. The minimum absolute atomic E-state index is 0.592. The predicted octanol–water partition coefficient (Wildman–Crippen LogP) is 4.21. The summed E-state index contributed by atoms with van der Waals surface area (Å²) in [6.45, 7) is 10.3. The zero-order chi connectivity index (χ0) is 23.9. The lowest BCUT2D eigenvalue weighted by Crippen LogP contribution is -2.74. The topological polar surface area (TPSA) is 18.5 Å². The Morgan fingerprint density at radius 2 is 0.735 bits per heavy atom. The third-order valence-corrected chi connectivity index (χ3v) is 16.1. The molecule has 0 unspecified atom stereocenters. The Labute approximate surface area is 205 Å². The molecule has 0 bridgehead atoms. The van der Waals surface area contributed by atoms with Gasteiger partial charge in [-0.3, -0.25) is 0 Å². The summed E-state index contributed by atoms with van der Waals surface area (Å²) in [7, 11) is -5.89. The number of benzene rings is 4. The molecule has 0 amide bonds. The summed E-state index contributed by atoms with van der Waals surface area (Å²) < 4.78 is 13.9. The molecule has 0 fully saturated rings. The third kappa shape index (κ3) is 4.26. The van der Waals surface area contributed by atoms with E-state index in [1.165, 1.54) is 20.7 Å². The molecule has 172 valence electrons. The van der Waals surface area contributed by atoms with Gasteiger partial charge in [0.1, 0.15) is 0 Å². The van der Waals surface area contributed by atoms with Gasteiger partial charge in [-0.2, -0.15) is 0 Å². The minimum Gasteiger partial charge on any atom is -0.405 e. The Balaban J connectivity index is 2.09. The van der Waals surface area contributed by atoms with Crippen LogP contribution in [0.2, 0.25) is 0 Å². The van der Waals surface area contributed by atoms with Crippen LogP contribution in [0.3, 0.4) is 0 Å². The van der Waals surface area contributed by atoms with Gasteiger partial charge in [0.15, 0.2) is 0 Å². The number of hydrogen-bond acceptors (Lipinski definition) is 2. The molecule has 0 atom stereocenters. The molecule has 34 heavy (non-hydrogen) atoms. The molecule has 0 aliphatic rings. The zero-order valence-electron chi connectivity index (χ0n) is 20.0. The van der Waals surface area contributed by atoms with Crippen molar-refractivity contribution in [3.8, 4) is 0 Å². The molecular formula is C30H32O2Si2. The second kappa shape index (κ2) is 10.9. The highest BCUT2D eigenvalue weighted by Gasteiger charge is 2.55. The lowest BCUT2D eigenvalue weighted by molar-refractivity contribution is 0.334. The molecule has 0 spiro atoms. The van der Waals surface area contributed by atoms with Gasteiger partial charge in [0.25, 0.3) is 16.6 Å². The van der Waals surface area contributed by atoms with Crippen molar-refractivity contribution in [1.29, 1.82) is 0 Å². The highest BCUT2D eigenvalue weighted by molar-refractivity contribution is 7.21. The van der Waals surface area contributed by atoms with Gasteiger partial charge in [0.05, 0.1) is 0 Å². The van der Waals surface area contributed by atoms with Crippen LogP contribution in [0.1, 0.15) is 13.8 Å². The van der Waals surface area contributed by atoms with Crippen molar-refractivity contribution in [1.82, 2.24) is 0 Å². The van der Waals surface area contributed by atoms with Crippen molar-refractivity contribution in [2.75, 3.05) is 13.2 Å². The van der Waals surface area contributed by atoms with Crippen molar-refractivity contribution in [2.24, 2.45) is 0 Å². The molecule has 0 aliphatic carbocycles. The zero-order valence-corrected chi connectivity index (χ0v) is 22.0. The molecule has 0 aromatic heterocycles. The summed E-state index contributed by atoms with van der Waals surface area (Å²) >= 11 is 0. The third-order valence-electron chi connectivity index (χ3n) is 6.29. The molecule has 4 heteroatoms. The Morgan fingerprint density at radius 3 is 0.941 bits per heavy atom. The van der Waals surface area contributed by atoms with Crippen molar-refractivity contribution >= 4 is 37.4 Å². The van der Waals surface area contributed by atoms with Crippen molar-refractivity contribution in [3.05, 3.63) is 133 Å². The van der Waals surface area contributed by atoms with Crippen LogP contribution in [-0.2, 0) is 8.85 Å². The first kappa shape index (κ1) is 24.1. The lowest BCUT2D eigenvalue weighted by Gasteiger charge is -2.43. The van der Waals surface area contributed by atoms with Crippen LogP contribution in [0.15, 0.2) is 133 Å². The maximum atomic E-state index is 6.95. The fourth-order valence-corrected chi connectivity index (χ4v) is 15.6. The van der Waals surface area contributed by atoms with E-state index in [2.05, 4.69) is 135 Å². The van der Waals surface area contributed by atoms with Crippen molar-refractivity contribution < 1.29 is 8.85 Å². The average Bonchev–Trinajstić information content (AvgIpc) is 2.92. The molecule has 0 N–H and O–H groups in total. The summed E-state index contributed by atoms with van der Waals surface area (Å²) in [4.78, 5) is 1.10. The second-order valence-electron chi connectivity index (χ2n) is 8.17. The van der Waals surface area contributed by atoms with Crippen LogP contribution in [0.4, 0.5) is 0 Å². The van der Waals surface area contributed by atoms with E-state index in [4.69, 9.17) is 15.4 Å². The maximum absolute atomic E-state index is 6.95. The summed E-state index contributed by atoms with van der Waals surface area (Å²) in [5.74, 6) is 0. The molecule has 4 aromatic rings. The highest BCUT2D eigenvalue weighted by atomic mass is 28.4. The first-order chi connectivity index (χ1) is 16.7. The van der Waals surface area contributed by atoms with E-state index in [0.717, 1.165) is 4.82 Å². The van der Waals surface area contributed by atoms with E-state index >= 15 is 0 Å². The molecular weight excluding hydrogens is 449 g/mol. The van der Waals surface area contributed by atoms with E-state index in [-0.39, 0.29) is 0 Å². The maximum Gasteiger partial charge on any atom is 0.282 e. The van der Waals surface area contributed by atoms with E-state index < -0.39 is 16.6 Å². The van der Waals surface area contributed by atoms with Crippen LogP contribution < -0.4 is 20.7 Å². The largest absolute Gasteiger partial charge is 0.405 e. The smallest absolute Gasteiger partial charge is 0.282 e. The highest BCUT2D eigenvalue weighted by Crippen LogP contribution is 2.27. The molecule has 4 rings (SSSR count). The fourth-order valence-electron chi connectivity index (χ4n) is 4.91. The SMILES string of the molecule is C=C([Si](OCC)(c1ccccc1)c1ccccc1)[Si](OCC)(c1ccccc1)c1ccccc1. The van der Waals surface area contributed by atoms with Crippen LogP contribution >= 0.6 is 0 Å².